The number of carboxylic acids is 1. The molecular weight excluding hydrogens is 246 g/mol. The lowest BCUT2D eigenvalue weighted by molar-refractivity contribution is -0.140. The highest BCUT2D eigenvalue weighted by Gasteiger charge is 2.35. The standard InChI is InChI=1S/C14H19NO4/c1-18-11-5-6-12(19-2)10(7-11)8-15-13(14(16)17)9-3-4-9/h5-7,9,13,15H,3-4,8H2,1-2H3,(H,16,17). The van der Waals surface area contributed by atoms with Gasteiger partial charge in [0, 0.05) is 12.1 Å². The van der Waals surface area contributed by atoms with Crippen LogP contribution in [0.25, 0.3) is 0 Å². The fourth-order valence-corrected chi connectivity index (χ4v) is 2.13. The van der Waals surface area contributed by atoms with Crippen molar-refractivity contribution >= 4 is 5.97 Å². The van der Waals surface area contributed by atoms with E-state index in [4.69, 9.17) is 9.47 Å². The van der Waals surface area contributed by atoms with E-state index in [1.54, 1.807) is 14.2 Å². The van der Waals surface area contributed by atoms with Gasteiger partial charge >= 0.3 is 5.97 Å². The zero-order chi connectivity index (χ0) is 13.8. The monoisotopic (exact) mass is 265 g/mol. The summed E-state index contributed by atoms with van der Waals surface area (Å²) in [6.45, 7) is 0.452. The molecule has 0 radical (unpaired) electrons. The summed E-state index contributed by atoms with van der Waals surface area (Å²) in [5.74, 6) is 0.933. The van der Waals surface area contributed by atoms with Gasteiger partial charge in [-0.2, -0.15) is 0 Å². The maximum atomic E-state index is 11.2. The molecule has 1 aliphatic carbocycles. The van der Waals surface area contributed by atoms with Gasteiger partial charge in [-0.15, -0.1) is 0 Å². The number of benzene rings is 1. The van der Waals surface area contributed by atoms with Crippen molar-refractivity contribution in [1.82, 2.24) is 5.32 Å². The van der Waals surface area contributed by atoms with Crippen molar-refractivity contribution in [3.63, 3.8) is 0 Å². The lowest BCUT2D eigenvalue weighted by Gasteiger charge is -2.15. The summed E-state index contributed by atoms with van der Waals surface area (Å²) in [6.07, 6.45) is 1.97. The van der Waals surface area contributed by atoms with Gasteiger partial charge in [-0.1, -0.05) is 0 Å². The van der Waals surface area contributed by atoms with Crippen LogP contribution in [0.4, 0.5) is 0 Å². The zero-order valence-electron chi connectivity index (χ0n) is 11.2. The van der Waals surface area contributed by atoms with Crippen molar-refractivity contribution in [3.05, 3.63) is 23.8 Å². The molecule has 1 aromatic carbocycles. The predicted octanol–water partition coefficient (Wildman–Crippen LogP) is 1.66. The first kappa shape index (κ1) is 13.7. The van der Waals surface area contributed by atoms with Crippen LogP contribution in [0, 0.1) is 5.92 Å². The predicted molar refractivity (Wildman–Crippen MR) is 70.5 cm³/mol. The summed E-state index contributed by atoms with van der Waals surface area (Å²) < 4.78 is 10.4. The van der Waals surface area contributed by atoms with E-state index in [2.05, 4.69) is 5.32 Å². The van der Waals surface area contributed by atoms with Crippen molar-refractivity contribution in [2.24, 2.45) is 5.92 Å². The summed E-state index contributed by atoms with van der Waals surface area (Å²) >= 11 is 0. The van der Waals surface area contributed by atoms with Crippen LogP contribution in [0.5, 0.6) is 11.5 Å². The highest BCUT2D eigenvalue weighted by Crippen LogP contribution is 2.33. The number of carboxylic acid groups (broad SMARTS) is 1. The van der Waals surface area contributed by atoms with Crippen LogP contribution < -0.4 is 14.8 Å². The van der Waals surface area contributed by atoms with E-state index in [9.17, 15) is 9.90 Å². The third-order valence-corrected chi connectivity index (χ3v) is 3.36. The number of nitrogens with one attached hydrogen (secondary N) is 1. The number of ether oxygens (including phenoxy) is 2. The van der Waals surface area contributed by atoms with E-state index in [-0.39, 0.29) is 5.92 Å². The summed E-state index contributed by atoms with van der Waals surface area (Å²) in [6, 6.07) is 5.02. The van der Waals surface area contributed by atoms with Gasteiger partial charge in [0.15, 0.2) is 0 Å². The van der Waals surface area contributed by atoms with E-state index < -0.39 is 12.0 Å². The van der Waals surface area contributed by atoms with Crippen LogP contribution in [0.15, 0.2) is 18.2 Å². The Labute approximate surface area is 112 Å². The van der Waals surface area contributed by atoms with E-state index in [0.29, 0.717) is 6.54 Å². The van der Waals surface area contributed by atoms with Gasteiger partial charge < -0.3 is 14.6 Å². The number of hydrogen-bond donors (Lipinski definition) is 2. The molecule has 0 aromatic heterocycles. The van der Waals surface area contributed by atoms with Gasteiger partial charge in [-0.05, 0) is 37.0 Å². The Kier molecular flexibility index (Phi) is 4.27. The van der Waals surface area contributed by atoms with Crippen LogP contribution >= 0.6 is 0 Å². The topological polar surface area (TPSA) is 67.8 Å². The molecule has 0 heterocycles. The summed E-state index contributed by atoms with van der Waals surface area (Å²) in [7, 11) is 3.20. The fraction of sp³-hybridized carbons (Fsp3) is 0.500. The fourth-order valence-electron chi connectivity index (χ4n) is 2.13. The summed E-state index contributed by atoms with van der Waals surface area (Å²) in [4.78, 5) is 11.2. The molecule has 0 aliphatic heterocycles. The molecule has 104 valence electrons. The van der Waals surface area contributed by atoms with Crippen molar-refractivity contribution in [3.8, 4) is 11.5 Å². The highest BCUT2D eigenvalue weighted by molar-refractivity contribution is 5.74. The third kappa shape index (κ3) is 3.38. The van der Waals surface area contributed by atoms with Gasteiger partial charge in [0.25, 0.3) is 0 Å². The van der Waals surface area contributed by atoms with Crippen LogP contribution in [-0.4, -0.2) is 31.3 Å². The first-order valence-electron chi connectivity index (χ1n) is 6.32. The Morgan fingerprint density at radius 3 is 2.68 bits per heavy atom. The Morgan fingerprint density at radius 2 is 2.16 bits per heavy atom. The lowest BCUT2D eigenvalue weighted by Crippen LogP contribution is -2.38. The largest absolute Gasteiger partial charge is 0.497 e. The zero-order valence-corrected chi connectivity index (χ0v) is 11.2. The quantitative estimate of drug-likeness (QED) is 0.784. The molecule has 19 heavy (non-hydrogen) atoms. The molecule has 1 fully saturated rings. The van der Waals surface area contributed by atoms with Crippen molar-refractivity contribution < 1.29 is 19.4 Å². The molecule has 2 rings (SSSR count). The molecule has 1 aliphatic rings. The highest BCUT2D eigenvalue weighted by atomic mass is 16.5. The maximum absolute atomic E-state index is 11.2. The SMILES string of the molecule is COc1ccc(OC)c(CNC(C(=O)O)C2CC2)c1. The van der Waals surface area contributed by atoms with E-state index in [1.165, 1.54) is 0 Å². The minimum Gasteiger partial charge on any atom is -0.497 e. The maximum Gasteiger partial charge on any atom is 0.320 e. The third-order valence-electron chi connectivity index (χ3n) is 3.36. The van der Waals surface area contributed by atoms with E-state index in [0.717, 1.165) is 29.9 Å². The van der Waals surface area contributed by atoms with Gasteiger partial charge in [-0.3, -0.25) is 10.1 Å². The average molecular weight is 265 g/mol. The molecule has 0 amide bonds. The molecule has 0 saturated heterocycles. The molecule has 1 aromatic rings. The van der Waals surface area contributed by atoms with E-state index >= 15 is 0 Å². The normalized spacial score (nSPS) is 15.9. The van der Waals surface area contributed by atoms with Crippen LogP contribution in [0.2, 0.25) is 0 Å². The Morgan fingerprint density at radius 1 is 1.42 bits per heavy atom. The summed E-state index contributed by atoms with van der Waals surface area (Å²) in [5.41, 5.74) is 0.897. The van der Waals surface area contributed by atoms with Crippen molar-refractivity contribution in [1.29, 1.82) is 0 Å². The molecule has 5 nitrogen and oxygen atoms in total. The molecule has 1 unspecified atom stereocenters. The second kappa shape index (κ2) is 5.93. The molecular formula is C14H19NO4. The molecule has 0 bridgehead atoms. The molecule has 1 saturated carbocycles. The van der Waals surface area contributed by atoms with E-state index in [1.807, 2.05) is 18.2 Å². The molecule has 0 spiro atoms. The van der Waals surface area contributed by atoms with Crippen LogP contribution in [-0.2, 0) is 11.3 Å². The van der Waals surface area contributed by atoms with Crippen molar-refractivity contribution in [2.45, 2.75) is 25.4 Å². The number of rotatable bonds is 7. The average Bonchev–Trinajstić information content (AvgIpc) is 3.23. The summed E-state index contributed by atoms with van der Waals surface area (Å²) in [5, 5.41) is 12.3. The number of aliphatic carboxylic acids is 1. The first-order valence-corrected chi connectivity index (χ1v) is 6.32. The van der Waals surface area contributed by atoms with Gasteiger partial charge in [0.2, 0.25) is 0 Å². The smallest absolute Gasteiger partial charge is 0.320 e. The molecule has 2 N–H and O–H groups in total. The minimum atomic E-state index is -0.788. The van der Waals surface area contributed by atoms with Gasteiger partial charge in [-0.25, -0.2) is 0 Å². The van der Waals surface area contributed by atoms with Crippen molar-refractivity contribution in [2.75, 3.05) is 14.2 Å². The van der Waals surface area contributed by atoms with Crippen LogP contribution in [0.1, 0.15) is 18.4 Å². The Hall–Kier alpha value is -1.75. The van der Waals surface area contributed by atoms with Gasteiger partial charge in [0.1, 0.15) is 17.5 Å². The number of methoxy groups -OCH3 is 2. The second-order valence-corrected chi connectivity index (χ2v) is 4.71. The first-order chi connectivity index (χ1) is 9.15. The Balaban J connectivity index is 2.06. The second-order valence-electron chi connectivity index (χ2n) is 4.71. The number of carbonyl (C=O) groups is 1. The van der Waals surface area contributed by atoms with Crippen LogP contribution in [0.3, 0.4) is 0 Å². The molecule has 5 heteroatoms. The Bertz CT molecular complexity index is 457. The lowest BCUT2D eigenvalue weighted by atomic mass is 10.1. The van der Waals surface area contributed by atoms with Gasteiger partial charge in [0.05, 0.1) is 14.2 Å². The number of hydrogen-bond acceptors (Lipinski definition) is 4. The molecule has 1 atom stereocenters. The minimum absolute atomic E-state index is 0.258.